The second-order valence-corrected chi connectivity index (χ2v) is 8.26. The summed E-state index contributed by atoms with van der Waals surface area (Å²) in [7, 11) is 0. The van der Waals surface area contributed by atoms with Crippen molar-refractivity contribution in [1.29, 1.82) is 0 Å². The third kappa shape index (κ3) is 7.19. The highest BCUT2D eigenvalue weighted by molar-refractivity contribution is 14.0. The molecule has 1 saturated heterocycles. The van der Waals surface area contributed by atoms with Crippen LogP contribution in [0.5, 0.6) is 0 Å². The molecule has 1 aromatic carbocycles. The standard InChI is InChI=1S/C22H37N3O2.HI/c1-5-21(3,4)19-9-7-18(8-10-19)15-24-20(23-6-2)25-16-22(11-13-26)12-14-27-17-22;/h7-10,26H,5-6,11-17H2,1-4H3,(H2,23,24,25);1H. The zero-order chi connectivity index (χ0) is 19.8. The number of aliphatic hydroxyl groups is 1. The minimum atomic E-state index is 0. The molecule has 3 N–H and O–H groups in total. The fourth-order valence-corrected chi connectivity index (χ4v) is 3.36. The summed E-state index contributed by atoms with van der Waals surface area (Å²) in [6.45, 7) is 12.8. The minimum absolute atomic E-state index is 0. The molecule has 1 unspecified atom stereocenters. The Balaban J connectivity index is 0.00000392. The molecule has 0 aliphatic carbocycles. The predicted octanol–water partition coefficient (Wildman–Crippen LogP) is 3.84. The number of aliphatic imine (C=N–C) groups is 1. The molecule has 28 heavy (non-hydrogen) atoms. The van der Waals surface area contributed by atoms with Gasteiger partial charge >= 0.3 is 0 Å². The van der Waals surface area contributed by atoms with Gasteiger partial charge in [-0.2, -0.15) is 0 Å². The first kappa shape index (κ1) is 25.2. The van der Waals surface area contributed by atoms with Gasteiger partial charge in [-0.25, -0.2) is 4.99 Å². The van der Waals surface area contributed by atoms with Crippen LogP contribution in [0.2, 0.25) is 0 Å². The Hall–Kier alpha value is -0.860. The Morgan fingerprint density at radius 2 is 1.93 bits per heavy atom. The van der Waals surface area contributed by atoms with Gasteiger partial charge in [0.25, 0.3) is 0 Å². The first-order chi connectivity index (χ1) is 12.9. The van der Waals surface area contributed by atoms with E-state index in [0.717, 1.165) is 44.9 Å². The number of benzene rings is 1. The summed E-state index contributed by atoms with van der Waals surface area (Å²) in [5.41, 5.74) is 2.80. The van der Waals surface area contributed by atoms with E-state index in [1.165, 1.54) is 11.1 Å². The molecular weight excluding hydrogens is 465 g/mol. The summed E-state index contributed by atoms with van der Waals surface area (Å²) >= 11 is 0. The molecule has 1 heterocycles. The maximum absolute atomic E-state index is 9.38. The van der Waals surface area contributed by atoms with Crippen LogP contribution in [0.4, 0.5) is 0 Å². The highest BCUT2D eigenvalue weighted by Crippen LogP contribution is 2.31. The van der Waals surface area contributed by atoms with Crippen molar-refractivity contribution < 1.29 is 9.84 Å². The summed E-state index contributed by atoms with van der Waals surface area (Å²) in [5.74, 6) is 0.819. The van der Waals surface area contributed by atoms with Gasteiger partial charge in [0.1, 0.15) is 0 Å². The average Bonchev–Trinajstić information content (AvgIpc) is 3.13. The molecule has 1 fully saturated rings. The van der Waals surface area contributed by atoms with Crippen molar-refractivity contribution in [3.63, 3.8) is 0 Å². The first-order valence-electron chi connectivity index (χ1n) is 10.2. The van der Waals surface area contributed by atoms with Gasteiger partial charge in [-0.05, 0) is 42.7 Å². The number of ether oxygens (including phenoxy) is 1. The number of rotatable bonds is 9. The lowest BCUT2D eigenvalue weighted by Gasteiger charge is -2.27. The fraction of sp³-hybridized carbons (Fsp3) is 0.682. The molecule has 0 amide bonds. The molecule has 1 atom stereocenters. The van der Waals surface area contributed by atoms with E-state index in [1.54, 1.807) is 0 Å². The smallest absolute Gasteiger partial charge is 0.191 e. The molecule has 0 saturated carbocycles. The highest BCUT2D eigenvalue weighted by atomic mass is 127. The Bertz CT molecular complexity index is 596. The zero-order valence-corrected chi connectivity index (χ0v) is 20.2. The van der Waals surface area contributed by atoms with Crippen molar-refractivity contribution in [3.05, 3.63) is 35.4 Å². The summed E-state index contributed by atoms with van der Waals surface area (Å²) < 4.78 is 5.57. The molecule has 0 spiro atoms. The maximum atomic E-state index is 9.38. The van der Waals surface area contributed by atoms with Crippen LogP contribution in [0.1, 0.15) is 58.1 Å². The van der Waals surface area contributed by atoms with Gasteiger partial charge in [-0.15, -0.1) is 24.0 Å². The van der Waals surface area contributed by atoms with Gasteiger partial charge in [-0.1, -0.05) is 45.0 Å². The maximum Gasteiger partial charge on any atom is 0.191 e. The lowest BCUT2D eigenvalue weighted by molar-refractivity contribution is 0.127. The zero-order valence-electron chi connectivity index (χ0n) is 17.9. The molecule has 1 aromatic rings. The lowest BCUT2D eigenvalue weighted by atomic mass is 9.82. The van der Waals surface area contributed by atoms with Crippen molar-refractivity contribution >= 4 is 29.9 Å². The third-order valence-electron chi connectivity index (χ3n) is 5.84. The van der Waals surface area contributed by atoms with Crippen molar-refractivity contribution in [2.75, 3.05) is 32.9 Å². The topological polar surface area (TPSA) is 65.9 Å². The molecular formula is C22H38IN3O2. The van der Waals surface area contributed by atoms with Crippen molar-refractivity contribution in [2.24, 2.45) is 10.4 Å². The van der Waals surface area contributed by atoms with E-state index in [0.29, 0.717) is 13.2 Å². The summed E-state index contributed by atoms with van der Waals surface area (Å²) in [5, 5.41) is 16.1. The first-order valence-corrected chi connectivity index (χ1v) is 10.2. The van der Waals surface area contributed by atoms with Gasteiger partial charge in [0.05, 0.1) is 13.2 Å². The van der Waals surface area contributed by atoms with Crippen LogP contribution in [-0.2, 0) is 16.7 Å². The van der Waals surface area contributed by atoms with Gasteiger partial charge in [0.2, 0.25) is 0 Å². The predicted molar refractivity (Wildman–Crippen MR) is 128 cm³/mol. The van der Waals surface area contributed by atoms with Gasteiger partial charge in [-0.3, -0.25) is 0 Å². The Kier molecular flexibility index (Phi) is 10.8. The lowest BCUT2D eigenvalue weighted by Crippen LogP contribution is -2.44. The van der Waals surface area contributed by atoms with E-state index in [-0.39, 0.29) is 41.4 Å². The number of hydrogen-bond donors (Lipinski definition) is 3. The van der Waals surface area contributed by atoms with E-state index in [4.69, 9.17) is 9.73 Å². The minimum Gasteiger partial charge on any atom is -0.396 e. The average molecular weight is 503 g/mol. The number of nitrogens with zero attached hydrogens (tertiary/aromatic N) is 1. The summed E-state index contributed by atoms with van der Waals surface area (Å²) in [6, 6.07) is 8.80. The van der Waals surface area contributed by atoms with E-state index in [1.807, 2.05) is 0 Å². The van der Waals surface area contributed by atoms with E-state index < -0.39 is 0 Å². The van der Waals surface area contributed by atoms with Gasteiger partial charge in [0.15, 0.2) is 5.96 Å². The van der Waals surface area contributed by atoms with Crippen LogP contribution >= 0.6 is 24.0 Å². The summed E-state index contributed by atoms with van der Waals surface area (Å²) in [4.78, 5) is 4.74. The molecule has 5 nitrogen and oxygen atoms in total. The summed E-state index contributed by atoms with van der Waals surface area (Å²) in [6.07, 6.45) is 2.86. The number of aliphatic hydroxyl groups excluding tert-OH is 1. The van der Waals surface area contributed by atoms with Crippen LogP contribution in [0.3, 0.4) is 0 Å². The van der Waals surface area contributed by atoms with Crippen LogP contribution in [0.15, 0.2) is 29.3 Å². The number of halogens is 1. The number of nitrogens with one attached hydrogen (secondary N) is 2. The van der Waals surface area contributed by atoms with Crippen LogP contribution in [-0.4, -0.2) is 44.0 Å². The third-order valence-corrected chi connectivity index (χ3v) is 5.84. The largest absolute Gasteiger partial charge is 0.396 e. The van der Waals surface area contributed by atoms with Crippen LogP contribution in [0.25, 0.3) is 0 Å². The molecule has 6 heteroatoms. The Labute approximate surface area is 187 Å². The Morgan fingerprint density at radius 3 is 2.46 bits per heavy atom. The molecule has 160 valence electrons. The van der Waals surface area contributed by atoms with Crippen LogP contribution < -0.4 is 10.6 Å². The van der Waals surface area contributed by atoms with E-state index in [9.17, 15) is 5.11 Å². The fourth-order valence-electron chi connectivity index (χ4n) is 3.36. The Morgan fingerprint density at radius 1 is 1.21 bits per heavy atom. The monoisotopic (exact) mass is 503 g/mol. The number of hydrogen-bond acceptors (Lipinski definition) is 3. The van der Waals surface area contributed by atoms with Gasteiger partial charge in [0, 0.05) is 31.7 Å². The second-order valence-electron chi connectivity index (χ2n) is 8.26. The normalized spacial score (nSPS) is 20.0. The van der Waals surface area contributed by atoms with E-state index in [2.05, 4.69) is 62.6 Å². The van der Waals surface area contributed by atoms with Crippen molar-refractivity contribution in [3.8, 4) is 0 Å². The molecule has 1 aliphatic rings. The highest BCUT2D eigenvalue weighted by Gasteiger charge is 2.34. The molecule has 2 rings (SSSR count). The van der Waals surface area contributed by atoms with Crippen molar-refractivity contribution in [2.45, 2.75) is 58.9 Å². The van der Waals surface area contributed by atoms with Crippen LogP contribution in [0, 0.1) is 5.41 Å². The quantitative estimate of drug-likeness (QED) is 0.272. The molecule has 0 aromatic heterocycles. The van der Waals surface area contributed by atoms with Gasteiger partial charge < -0.3 is 20.5 Å². The van der Waals surface area contributed by atoms with Crippen molar-refractivity contribution in [1.82, 2.24) is 10.6 Å². The SMILES string of the molecule is CCNC(=NCc1ccc(C(C)(C)CC)cc1)NCC1(CCO)CCOC1.I. The molecule has 0 radical (unpaired) electrons. The molecule has 1 aliphatic heterocycles. The molecule has 0 bridgehead atoms. The second kappa shape index (κ2) is 12.0. The number of guanidine groups is 1. The van der Waals surface area contributed by atoms with E-state index >= 15 is 0 Å².